The molecule has 0 saturated carbocycles. The van der Waals surface area contributed by atoms with Gasteiger partial charge in [0.2, 0.25) is 0 Å². The number of likely N-dealkylation sites (tertiary alicyclic amines) is 1. The minimum Gasteiger partial charge on any atom is -0.368 e. The van der Waals surface area contributed by atoms with E-state index in [0.29, 0.717) is 41.8 Å². The highest BCUT2D eigenvalue weighted by atomic mass is 16.2. The number of amides is 1. The molecule has 7 nitrogen and oxygen atoms in total. The van der Waals surface area contributed by atoms with Gasteiger partial charge in [-0.15, -0.1) is 0 Å². The zero-order valence-electron chi connectivity index (χ0n) is 18.3. The maximum Gasteiger partial charge on any atom is 0.254 e. The molecule has 3 aromatic rings. The number of hydrogen-bond acceptors (Lipinski definition) is 6. The number of rotatable bonds is 5. The van der Waals surface area contributed by atoms with Gasteiger partial charge in [0.15, 0.2) is 5.82 Å². The summed E-state index contributed by atoms with van der Waals surface area (Å²) in [7, 11) is 0. The van der Waals surface area contributed by atoms with Crippen LogP contribution in [0.3, 0.4) is 0 Å². The normalized spacial score (nSPS) is 18.1. The molecule has 1 N–H and O–H groups in total. The summed E-state index contributed by atoms with van der Waals surface area (Å²) in [6, 6.07) is 13.2. The minimum absolute atomic E-state index is 0.00212. The monoisotopic (exact) mass is 426 g/mol. The van der Waals surface area contributed by atoms with Crippen molar-refractivity contribution in [3.8, 4) is 17.5 Å². The van der Waals surface area contributed by atoms with Crippen LogP contribution >= 0.6 is 0 Å². The fourth-order valence-electron chi connectivity index (χ4n) is 4.21. The summed E-state index contributed by atoms with van der Waals surface area (Å²) >= 11 is 0. The Labute approximate surface area is 188 Å². The minimum atomic E-state index is 0.00212. The first-order valence-corrected chi connectivity index (χ1v) is 10.9. The molecule has 1 aliphatic heterocycles. The Morgan fingerprint density at radius 1 is 1.22 bits per heavy atom. The zero-order chi connectivity index (χ0) is 22.5. The van der Waals surface area contributed by atoms with Crippen molar-refractivity contribution in [3.05, 3.63) is 71.7 Å². The number of hydrogen-bond donors (Lipinski definition) is 1. The van der Waals surface area contributed by atoms with Crippen molar-refractivity contribution in [1.29, 1.82) is 5.26 Å². The third kappa shape index (κ3) is 4.59. The Balaban J connectivity index is 1.60. The molecule has 7 heteroatoms. The molecule has 0 unspecified atom stereocenters. The van der Waals surface area contributed by atoms with Crippen LogP contribution < -0.4 is 5.32 Å². The molecule has 4 rings (SSSR count). The first kappa shape index (κ1) is 21.4. The van der Waals surface area contributed by atoms with E-state index in [0.717, 1.165) is 24.0 Å². The van der Waals surface area contributed by atoms with Crippen molar-refractivity contribution in [2.45, 2.75) is 32.7 Å². The van der Waals surface area contributed by atoms with Gasteiger partial charge in [0.05, 0.1) is 17.2 Å². The van der Waals surface area contributed by atoms with Gasteiger partial charge in [0.25, 0.3) is 5.91 Å². The van der Waals surface area contributed by atoms with Gasteiger partial charge in [0.1, 0.15) is 11.9 Å². The van der Waals surface area contributed by atoms with E-state index in [4.69, 9.17) is 5.26 Å². The summed E-state index contributed by atoms with van der Waals surface area (Å²) in [4.78, 5) is 28.8. The molecule has 1 fully saturated rings. The zero-order valence-corrected chi connectivity index (χ0v) is 18.3. The third-order valence-corrected chi connectivity index (χ3v) is 5.97. The Bertz CT molecular complexity index is 1120. The summed E-state index contributed by atoms with van der Waals surface area (Å²) in [5.41, 5.74) is 2.93. The van der Waals surface area contributed by atoms with E-state index < -0.39 is 0 Å². The number of aromatic nitrogens is 3. The summed E-state index contributed by atoms with van der Waals surface area (Å²) in [6.45, 7) is 5.48. The lowest BCUT2D eigenvalue weighted by atomic mass is 9.89. The topological polar surface area (TPSA) is 94.8 Å². The van der Waals surface area contributed by atoms with Gasteiger partial charge in [-0.1, -0.05) is 24.6 Å². The molecule has 162 valence electrons. The van der Waals surface area contributed by atoms with Crippen LogP contribution in [0.1, 0.15) is 41.3 Å². The van der Waals surface area contributed by atoms with E-state index in [2.05, 4.69) is 33.3 Å². The standard InChI is InChI=1S/C25H26N6O/c1-17-6-8-20(24-27-10-4-11-28-24)21(13-17)25(32)31-12-3-5-18(2)22(31)16-30-23-9-7-19(14-26)15-29-23/h4,6-11,13,15,18,22H,3,5,12,16H2,1-2H3,(H,29,30)/t18-,22-/m1/s1. The number of piperidine rings is 1. The van der Waals surface area contributed by atoms with Gasteiger partial charge in [0, 0.05) is 37.2 Å². The number of benzene rings is 1. The molecular weight excluding hydrogens is 400 g/mol. The van der Waals surface area contributed by atoms with Crippen molar-refractivity contribution in [2.24, 2.45) is 5.92 Å². The number of nitrogens with zero attached hydrogens (tertiary/aromatic N) is 5. The largest absolute Gasteiger partial charge is 0.368 e. The SMILES string of the molecule is Cc1ccc(-c2ncccn2)c(C(=O)N2CCC[C@@H](C)[C@H]2CNc2ccc(C#N)cn2)c1. The van der Waals surface area contributed by atoms with Crippen LogP contribution in [0, 0.1) is 24.2 Å². The van der Waals surface area contributed by atoms with Crippen LogP contribution in [0.25, 0.3) is 11.4 Å². The quantitative estimate of drug-likeness (QED) is 0.661. The number of nitriles is 1. The highest BCUT2D eigenvalue weighted by Gasteiger charge is 2.33. The fraction of sp³-hybridized carbons (Fsp3) is 0.320. The third-order valence-electron chi connectivity index (χ3n) is 5.97. The first-order chi connectivity index (χ1) is 15.6. The fourth-order valence-corrected chi connectivity index (χ4v) is 4.21. The number of anilines is 1. The van der Waals surface area contributed by atoms with Crippen LogP contribution in [0.4, 0.5) is 5.82 Å². The van der Waals surface area contributed by atoms with Gasteiger partial charge in [-0.3, -0.25) is 4.79 Å². The van der Waals surface area contributed by atoms with Gasteiger partial charge in [-0.25, -0.2) is 15.0 Å². The summed E-state index contributed by atoms with van der Waals surface area (Å²) in [6.07, 6.45) is 6.97. The maximum absolute atomic E-state index is 13.8. The van der Waals surface area contributed by atoms with Gasteiger partial charge in [-0.2, -0.15) is 5.26 Å². The second-order valence-electron chi connectivity index (χ2n) is 8.23. The molecule has 3 heterocycles. The van der Waals surface area contributed by atoms with Gasteiger partial charge < -0.3 is 10.2 Å². The van der Waals surface area contributed by atoms with Gasteiger partial charge in [-0.05, 0) is 49.9 Å². The number of pyridine rings is 1. The Morgan fingerprint density at radius 2 is 2.03 bits per heavy atom. The van der Waals surface area contributed by atoms with Crippen molar-refractivity contribution in [2.75, 3.05) is 18.4 Å². The average Bonchev–Trinajstić information content (AvgIpc) is 2.83. The predicted molar refractivity (Wildman–Crippen MR) is 123 cm³/mol. The van der Waals surface area contributed by atoms with E-state index >= 15 is 0 Å². The van der Waals surface area contributed by atoms with Crippen molar-refractivity contribution >= 4 is 11.7 Å². The summed E-state index contributed by atoms with van der Waals surface area (Å²) < 4.78 is 0. The van der Waals surface area contributed by atoms with E-state index in [-0.39, 0.29) is 11.9 Å². The molecule has 32 heavy (non-hydrogen) atoms. The highest BCUT2D eigenvalue weighted by Crippen LogP contribution is 2.29. The second-order valence-corrected chi connectivity index (χ2v) is 8.23. The second kappa shape index (κ2) is 9.56. The molecule has 1 saturated heterocycles. The Kier molecular flexibility index (Phi) is 6.41. The number of carbonyl (C=O) groups is 1. The van der Waals surface area contributed by atoms with Crippen molar-refractivity contribution in [3.63, 3.8) is 0 Å². The first-order valence-electron chi connectivity index (χ1n) is 10.9. The Morgan fingerprint density at radius 3 is 2.75 bits per heavy atom. The Hall–Kier alpha value is -3.79. The molecule has 1 aliphatic rings. The van der Waals surface area contributed by atoms with Crippen molar-refractivity contribution in [1.82, 2.24) is 19.9 Å². The highest BCUT2D eigenvalue weighted by molar-refractivity contribution is 6.00. The molecular formula is C25H26N6O. The van der Waals surface area contributed by atoms with E-state index in [1.54, 1.807) is 36.8 Å². The van der Waals surface area contributed by atoms with Crippen LogP contribution in [-0.4, -0.2) is 44.9 Å². The van der Waals surface area contributed by atoms with Crippen LogP contribution in [0.15, 0.2) is 55.0 Å². The van der Waals surface area contributed by atoms with E-state index in [1.807, 2.05) is 30.0 Å². The molecule has 0 spiro atoms. The summed E-state index contributed by atoms with van der Waals surface area (Å²) in [5.74, 6) is 1.60. The summed E-state index contributed by atoms with van der Waals surface area (Å²) in [5, 5.41) is 12.3. The number of nitrogens with one attached hydrogen (secondary N) is 1. The molecule has 2 atom stereocenters. The van der Waals surface area contributed by atoms with E-state index in [9.17, 15) is 4.79 Å². The van der Waals surface area contributed by atoms with Crippen LogP contribution in [0.5, 0.6) is 0 Å². The molecule has 1 amide bonds. The lowest BCUT2D eigenvalue weighted by Crippen LogP contribution is -2.51. The molecule has 0 bridgehead atoms. The van der Waals surface area contributed by atoms with Crippen molar-refractivity contribution < 1.29 is 4.79 Å². The van der Waals surface area contributed by atoms with Crippen LogP contribution in [-0.2, 0) is 0 Å². The smallest absolute Gasteiger partial charge is 0.254 e. The number of carbonyl (C=O) groups excluding carboxylic acids is 1. The molecule has 0 aliphatic carbocycles. The number of aryl methyl sites for hydroxylation is 1. The van der Waals surface area contributed by atoms with E-state index in [1.165, 1.54) is 0 Å². The lowest BCUT2D eigenvalue weighted by molar-refractivity contribution is 0.0540. The molecule has 0 radical (unpaired) electrons. The lowest BCUT2D eigenvalue weighted by Gasteiger charge is -2.40. The van der Waals surface area contributed by atoms with Crippen LogP contribution in [0.2, 0.25) is 0 Å². The average molecular weight is 427 g/mol. The molecule has 2 aromatic heterocycles. The predicted octanol–water partition coefficient (Wildman–Crippen LogP) is 4.07. The maximum atomic E-state index is 13.8. The molecule has 1 aromatic carbocycles. The van der Waals surface area contributed by atoms with Gasteiger partial charge >= 0.3 is 0 Å².